The van der Waals surface area contributed by atoms with Crippen molar-refractivity contribution in [3.63, 3.8) is 0 Å². The van der Waals surface area contributed by atoms with Gasteiger partial charge in [0.25, 0.3) is 0 Å². The molecule has 2 aliphatic heterocycles. The predicted molar refractivity (Wildman–Crippen MR) is 75.7 cm³/mol. The van der Waals surface area contributed by atoms with Gasteiger partial charge >= 0.3 is 14.1 Å². The monoisotopic (exact) mass is 296 g/mol. The molecule has 20 heavy (non-hydrogen) atoms. The lowest BCUT2D eigenvalue weighted by Crippen LogP contribution is -2.28. The minimum atomic E-state index is -2.76. The minimum absolute atomic E-state index is 0.0763. The highest BCUT2D eigenvalue weighted by Gasteiger charge is 2.74. The predicted octanol–water partition coefficient (Wildman–Crippen LogP) is 3.11. The van der Waals surface area contributed by atoms with E-state index in [0.717, 1.165) is 5.56 Å². The number of hydrogen-bond donors (Lipinski definition) is 0. The summed E-state index contributed by atoms with van der Waals surface area (Å²) < 4.78 is 19.4. The Labute approximate surface area is 119 Å². The number of hydrogen-bond acceptors (Lipinski definition) is 5. The molecule has 5 nitrogen and oxygen atoms in total. The van der Waals surface area contributed by atoms with Crippen LogP contribution < -0.4 is 0 Å². The van der Waals surface area contributed by atoms with Crippen LogP contribution in [0.15, 0.2) is 30.3 Å². The van der Waals surface area contributed by atoms with E-state index in [2.05, 4.69) is 6.92 Å². The summed E-state index contributed by atoms with van der Waals surface area (Å²) in [5.74, 6) is -0.362. The second-order valence-electron chi connectivity index (χ2n) is 5.70. The SMILES string of the molecule is CC1C(c2ccccc2)O[P+]2(OC(=O)C(C)(C)O2)N1C. The van der Waals surface area contributed by atoms with E-state index < -0.39 is 13.7 Å². The zero-order chi connectivity index (χ0) is 14.5. The molecule has 1 spiro atoms. The van der Waals surface area contributed by atoms with Crippen LogP contribution in [0.2, 0.25) is 0 Å². The van der Waals surface area contributed by atoms with Gasteiger partial charge in [-0.1, -0.05) is 35.0 Å². The van der Waals surface area contributed by atoms with E-state index in [-0.39, 0.29) is 18.1 Å². The zero-order valence-corrected chi connectivity index (χ0v) is 13.0. The highest BCUT2D eigenvalue weighted by molar-refractivity contribution is 7.60. The number of carbonyl (C=O) groups is 1. The topological polar surface area (TPSA) is 48.0 Å². The van der Waals surface area contributed by atoms with Crippen LogP contribution in [0, 0.1) is 0 Å². The van der Waals surface area contributed by atoms with Gasteiger partial charge in [0.1, 0.15) is 0 Å². The molecule has 1 aromatic carbocycles. The van der Waals surface area contributed by atoms with Crippen molar-refractivity contribution in [2.75, 3.05) is 7.05 Å². The summed E-state index contributed by atoms with van der Waals surface area (Å²) in [7, 11) is -0.875. The fraction of sp³-hybridized carbons (Fsp3) is 0.500. The molecule has 108 valence electrons. The standard InChI is InChI=1S/C14H19NO4P/c1-10-12(11-8-6-5-7-9-11)17-20(15(10)4)18-13(16)14(2,3)19-20/h5-10,12H,1-4H3/q+1. The maximum atomic E-state index is 11.9. The first-order valence-corrected chi connectivity index (χ1v) is 8.16. The van der Waals surface area contributed by atoms with Gasteiger partial charge in [-0.05, 0) is 26.3 Å². The molecule has 3 unspecified atom stereocenters. The molecule has 2 saturated heterocycles. The Hall–Kier alpha value is -1.00. The highest BCUT2D eigenvalue weighted by atomic mass is 31.2. The normalized spacial score (nSPS) is 36.5. The van der Waals surface area contributed by atoms with E-state index in [4.69, 9.17) is 13.6 Å². The second-order valence-corrected chi connectivity index (χ2v) is 7.84. The first-order chi connectivity index (χ1) is 9.36. The average Bonchev–Trinajstić information content (AvgIpc) is 2.79. The number of benzene rings is 1. The molecule has 2 aliphatic rings. The maximum Gasteiger partial charge on any atom is 0.554 e. The van der Waals surface area contributed by atoms with Crippen molar-refractivity contribution in [1.29, 1.82) is 0 Å². The first kappa shape index (κ1) is 14.0. The summed E-state index contributed by atoms with van der Waals surface area (Å²) in [4.78, 5) is 11.9. The molecule has 0 aliphatic carbocycles. The van der Waals surface area contributed by atoms with Gasteiger partial charge < -0.3 is 0 Å². The van der Waals surface area contributed by atoms with Crippen molar-refractivity contribution >= 4 is 14.1 Å². The van der Waals surface area contributed by atoms with Gasteiger partial charge in [-0.15, -0.1) is 9.05 Å². The largest absolute Gasteiger partial charge is 0.554 e. The maximum absolute atomic E-state index is 11.9. The highest BCUT2D eigenvalue weighted by Crippen LogP contribution is 2.77. The third-order valence-electron chi connectivity index (χ3n) is 3.82. The summed E-state index contributed by atoms with van der Waals surface area (Å²) in [5, 5.41) is 0. The van der Waals surface area contributed by atoms with Gasteiger partial charge in [0.15, 0.2) is 6.10 Å². The number of rotatable bonds is 1. The van der Waals surface area contributed by atoms with E-state index in [1.54, 1.807) is 13.8 Å². The van der Waals surface area contributed by atoms with Crippen LogP contribution in [-0.2, 0) is 18.4 Å². The number of carbonyl (C=O) groups excluding carboxylic acids is 1. The Morgan fingerprint density at radius 3 is 2.45 bits per heavy atom. The lowest BCUT2D eigenvalue weighted by molar-refractivity contribution is -0.141. The molecule has 0 saturated carbocycles. The molecule has 2 heterocycles. The number of nitrogens with zero attached hydrogens (tertiary/aromatic N) is 1. The van der Waals surface area contributed by atoms with Crippen LogP contribution in [0.4, 0.5) is 0 Å². The van der Waals surface area contributed by atoms with Gasteiger partial charge in [-0.25, -0.2) is 9.32 Å². The van der Waals surface area contributed by atoms with Crippen LogP contribution in [0.3, 0.4) is 0 Å². The molecule has 3 rings (SSSR count). The van der Waals surface area contributed by atoms with Crippen LogP contribution in [-0.4, -0.2) is 29.3 Å². The van der Waals surface area contributed by atoms with Gasteiger partial charge in [0.2, 0.25) is 5.60 Å². The van der Waals surface area contributed by atoms with Crippen LogP contribution in [0.5, 0.6) is 0 Å². The Morgan fingerprint density at radius 2 is 1.90 bits per heavy atom. The van der Waals surface area contributed by atoms with Crippen molar-refractivity contribution in [1.82, 2.24) is 4.67 Å². The number of likely N-dealkylation sites (N-methyl/N-ethyl adjacent to an activating group) is 1. The van der Waals surface area contributed by atoms with Crippen LogP contribution >= 0.6 is 8.09 Å². The van der Waals surface area contributed by atoms with Gasteiger partial charge in [0.05, 0.1) is 6.04 Å². The van der Waals surface area contributed by atoms with Gasteiger partial charge in [-0.3, -0.25) is 0 Å². The Kier molecular flexibility index (Phi) is 3.14. The molecule has 1 aromatic rings. The Bertz CT molecular complexity index is 535. The lowest BCUT2D eigenvalue weighted by Gasteiger charge is -2.16. The smallest absolute Gasteiger partial charge is 0.243 e. The fourth-order valence-electron chi connectivity index (χ4n) is 2.44. The van der Waals surface area contributed by atoms with Crippen molar-refractivity contribution < 1.29 is 18.4 Å². The molecular weight excluding hydrogens is 277 g/mol. The van der Waals surface area contributed by atoms with E-state index in [0.29, 0.717) is 0 Å². The summed E-state index contributed by atoms with van der Waals surface area (Å²) >= 11 is 0. The lowest BCUT2D eigenvalue weighted by atomic mass is 10.0. The average molecular weight is 296 g/mol. The van der Waals surface area contributed by atoms with Crippen LogP contribution in [0.1, 0.15) is 32.4 Å². The first-order valence-electron chi connectivity index (χ1n) is 6.66. The van der Waals surface area contributed by atoms with Crippen molar-refractivity contribution in [2.45, 2.75) is 38.5 Å². The summed E-state index contributed by atoms with van der Waals surface area (Å²) in [6.07, 6.45) is -0.156. The molecule has 0 bridgehead atoms. The summed E-state index contributed by atoms with van der Waals surface area (Å²) in [6, 6.07) is 10.0. The van der Waals surface area contributed by atoms with Crippen molar-refractivity contribution in [3.8, 4) is 0 Å². The second kappa shape index (κ2) is 4.50. The molecule has 0 radical (unpaired) electrons. The Balaban J connectivity index is 1.92. The summed E-state index contributed by atoms with van der Waals surface area (Å²) in [6.45, 7) is 5.47. The molecule has 2 fully saturated rings. The molecule has 0 N–H and O–H groups in total. The molecule has 0 aromatic heterocycles. The molecule has 3 atom stereocenters. The Morgan fingerprint density at radius 1 is 1.25 bits per heavy atom. The van der Waals surface area contributed by atoms with Gasteiger partial charge in [0, 0.05) is 7.05 Å². The summed E-state index contributed by atoms with van der Waals surface area (Å²) in [5.41, 5.74) is 0.112. The van der Waals surface area contributed by atoms with Gasteiger partial charge in [-0.2, -0.15) is 0 Å². The molecular formula is C14H19NO4P+. The fourth-order valence-corrected chi connectivity index (χ4v) is 5.20. The minimum Gasteiger partial charge on any atom is -0.243 e. The molecule has 6 heteroatoms. The molecule has 0 amide bonds. The van der Waals surface area contributed by atoms with E-state index in [1.807, 2.05) is 42.0 Å². The van der Waals surface area contributed by atoms with E-state index >= 15 is 0 Å². The van der Waals surface area contributed by atoms with Crippen LogP contribution in [0.25, 0.3) is 0 Å². The zero-order valence-electron chi connectivity index (χ0n) is 12.1. The van der Waals surface area contributed by atoms with E-state index in [9.17, 15) is 4.79 Å². The van der Waals surface area contributed by atoms with Crippen molar-refractivity contribution in [3.05, 3.63) is 35.9 Å². The quantitative estimate of drug-likeness (QED) is 0.745. The third kappa shape index (κ3) is 1.97. The third-order valence-corrected chi connectivity index (χ3v) is 6.54. The van der Waals surface area contributed by atoms with E-state index in [1.165, 1.54) is 0 Å². The van der Waals surface area contributed by atoms with Crippen molar-refractivity contribution in [2.24, 2.45) is 0 Å².